The second-order valence-corrected chi connectivity index (χ2v) is 7.34. The molecule has 9 heteroatoms. The van der Waals surface area contributed by atoms with Crippen molar-refractivity contribution in [3.8, 4) is 0 Å². The van der Waals surface area contributed by atoms with Gasteiger partial charge in [-0.2, -0.15) is 13.2 Å². The Labute approximate surface area is 145 Å². The third kappa shape index (κ3) is 2.12. The van der Waals surface area contributed by atoms with Crippen LogP contribution in [0.15, 0.2) is 30.3 Å². The lowest BCUT2D eigenvalue weighted by molar-refractivity contribution is -0.175. The van der Waals surface area contributed by atoms with Crippen LogP contribution in [0.3, 0.4) is 0 Å². The maximum Gasteiger partial charge on any atom is 0.471 e. The lowest BCUT2D eigenvalue weighted by Gasteiger charge is -2.32. The minimum absolute atomic E-state index is 0.170. The highest BCUT2D eigenvalue weighted by Crippen LogP contribution is 2.73. The molecule has 140 valence electrons. The molecule has 5 nitrogen and oxygen atoms in total. The first kappa shape index (κ1) is 17.3. The molecule has 1 aromatic carbocycles. The molecule has 3 N–H and O–H groups in total. The van der Waals surface area contributed by atoms with E-state index >= 15 is 4.39 Å². The van der Waals surface area contributed by atoms with Crippen LogP contribution in [-0.4, -0.2) is 40.3 Å². The molecule has 0 aromatic heterocycles. The van der Waals surface area contributed by atoms with Crippen molar-refractivity contribution < 1.29 is 32.3 Å². The Bertz CT molecular complexity index is 786. The van der Waals surface area contributed by atoms with Gasteiger partial charge in [0.25, 0.3) is 0 Å². The van der Waals surface area contributed by atoms with Crippen LogP contribution in [0.25, 0.3) is 0 Å². The Balaban J connectivity index is 1.72. The van der Waals surface area contributed by atoms with Crippen LogP contribution in [0, 0.1) is 5.92 Å². The number of amides is 1. The van der Waals surface area contributed by atoms with Gasteiger partial charge < -0.3 is 10.4 Å². The summed E-state index contributed by atoms with van der Waals surface area (Å²) in [6, 6.07) is 6.73. The molecule has 5 atom stereocenters. The molecule has 0 bridgehead atoms. The number of halogens is 4. The fourth-order valence-corrected chi connectivity index (χ4v) is 4.66. The van der Waals surface area contributed by atoms with Crippen LogP contribution in [0.5, 0.6) is 0 Å². The Morgan fingerprint density at radius 3 is 2.42 bits per heavy atom. The topological polar surface area (TPSA) is 78.4 Å². The Hall–Kier alpha value is -2.16. The molecule has 0 radical (unpaired) electrons. The van der Waals surface area contributed by atoms with E-state index in [-0.39, 0.29) is 24.3 Å². The van der Waals surface area contributed by atoms with E-state index in [1.165, 1.54) is 12.1 Å². The summed E-state index contributed by atoms with van der Waals surface area (Å²) in [7, 11) is 0. The van der Waals surface area contributed by atoms with Gasteiger partial charge >= 0.3 is 18.1 Å². The number of carbonyl (C=O) groups excluding carboxylic acids is 1. The number of rotatable bonds is 4. The molecule has 4 rings (SSSR count). The van der Waals surface area contributed by atoms with Gasteiger partial charge in [-0.05, 0) is 24.3 Å². The third-order valence-electron chi connectivity index (χ3n) is 5.99. The summed E-state index contributed by atoms with van der Waals surface area (Å²) in [5.41, 5.74) is -5.02. The number of aliphatic carboxylic acids is 1. The first-order chi connectivity index (χ1) is 12.1. The fraction of sp³-hybridized carbons (Fsp3) is 0.529. The van der Waals surface area contributed by atoms with Crippen LogP contribution < -0.4 is 10.6 Å². The van der Waals surface area contributed by atoms with Crippen molar-refractivity contribution in [2.24, 2.45) is 5.92 Å². The number of carbonyl (C=O) groups is 2. The summed E-state index contributed by atoms with van der Waals surface area (Å²) in [6.45, 7) is 0. The summed E-state index contributed by atoms with van der Waals surface area (Å²) in [4.78, 5) is 22.9. The lowest BCUT2D eigenvalue weighted by atomic mass is 9.94. The van der Waals surface area contributed by atoms with E-state index < -0.39 is 40.8 Å². The zero-order valence-electron chi connectivity index (χ0n) is 13.4. The van der Waals surface area contributed by atoms with Gasteiger partial charge in [0.2, 0.25) is 0 Å². The van der Waals surface area contributed by atoms with Crippen molar-refractivity contribution in [3.05, 3.63) is 35.9 Å². The molecule has 2 aliphatic carbocycles. The Kier molecular flexibility index (Phi) is 3.30. The standard InChI is InChI=1S/C17H16F4N2O3/c18-14(9-4-2-1-3-5-9)8-16(14,23-13(26)17(19,20)21)15-7-10(15)6-11(22-15)12(24)25/h1-5,10-11,22H,6-8H2,(H,23,26)(H,24,25)/t10-,11-,14-,15-,16+/m0/s1. The predicted octanol–water partition coefficient (Wildman–Crippen LogP) is 1.88. The minimum atomic E-state index is -5.15. The van der Waals surface area contributed by atoms with E-state index in [1.54, 1.807) is 18.2 Å². The first-order valence-corrected chi connectivity index (χ1v) is 8.20. The SMILES string of the molecule is O=C(O)[C@@H]1C[C@H]2C[C@]2([C@@]2(NC(=O)C(F)(F)F)C[C@]2(F)c2ccccc2)N1. The number of fused-ring (bicyclic) bond motifs is 1. The maximum absolute atomic E-state index is 15.8. The van der Waals surface area contributed by atoms with E-state index in [1.807, 2.05) is 5.32 Å². The number of carboxylic acid groups (broad SMARTS) is 1. The van der Waals surface area contributed by atoms with Crippen molar-refractivity contribution in [1.29, 1.82) is 0 Å². The second kappa shape index (κ2) is 4.97. The van der Waals surface area contributed by atoms with E-state index in [9.17, 15) is 27.9 Å². The van der Waals surface area contributed by atoms with E-state index in [2.05, 4.69) is 5.32 Å². The van der Waals surface area contributed by atoms with Crippen molar-refractivity contribution in [2.45, 2.75) is 48.2 Å². The average Bonchev–Trinajstić information content (AvgIpc) is 3.39. The van der Waals surface area contributed by atoms with Crippen LogP contribution in [-0.2, 0) is 15.3 Å². The average molecular weight is 372 g/mol. The van der Waals surface area contributed by atoms with Crippen LogP contribution in [0.1, 0.15) is 24.8 Å². The van der Waals surface area contributed by atoms with Crippen LogP contribution in [0.4, 0.5) is 17.6 Å². The van der Waals surface area contributed by atoms with Crippen molar-refractivity contribution >= 4 is 11.9 Å². The third-order valence-corrected chi connectivity index (χ3v) is 5.99. The quantitative estimate of drug-likeness (QED) is 0.706. The van der Waals surface area contributed by atoms with Gasteiger partial charge in [0, 0.05) is 12.0 Å². The van der Waals surface area contributed by atoms with Gasteiger partial charge in [-0.15, -0.1) is 0 Å². The van der Waals surface area contributed by atoms with Crippen molar-refractivity contribution in [3.63, 3.8) is 0 Å². The van der Waals surface area contributed by atoms with Crippen LogP contribution in [0.2, 0.25) is 0 Å². The van der Waals surface area contributed by atoms with Crippen molar-refractivity contribution in [2.75, 3.05) is 0 Å². The molecular weight excluding hydrogens is 356 g/mol. The number of nitrogens with one attached hydrogen (secondary N) is 2. The highest BCUT2D eigenvalue weighted by Gasteiger charge is 2.87. The zero-order chi connectivity index (χ0) is 19.0. The minimum Gasteiger partial charge on any atom is -0.480 e. The summed E-state index contributed by atoms with van der Waals surface area (Å²) in [5.74, 6) is -3.65. The van der Waals surface area contributed by atoms with Crippen LogP contribution >= 0.6 is 0 Å². The lowest BCUT2D eigenvalue weighted by Crippen LogP contribution is -2.61. The first-order valence-electron chi connectivity index (χ1n) is 8.20. The number of alkyl halides is 4. The van der Waals surface area contributed by atoms with Gasteiger partial charge in [-0.1, -0.05) is 30.3 Å². The summed E-state index contributed by atoms with van der Waals surface area (Å²) in [6.07, 6.45) is -4.96. The molecule has 1 heterocycles. The number of piperidine rings is 1. The number of carboxylic acids is 1. The van der Waals surface area contributed by atoms with E-state index in [4.69, 9.17) is 0 Å². The predicted molar refractivity (Wildman–Crippen MR) is 80.8 cm³/mol. The largest absolute Gasteiger partial charge is 0.480 e. The highest BCUT2D eigenvalue weighted by atomic mass is 19.4. The molecule has 2 saturated carbocycles. The maximum atomic E-state index is 15.8. The summed E-state index contributed by atoms with van der Waals surface area (Å²) >= 11 is 0. The van der Waals surface area contributed by atoms with E-state index in [0.717, 1.165) is 0 Å². The van der Waals surface area contributed by atoms with E-state index in [0.29, 0.717) is 6.42 Å². The monoisotopic (exact) mass is 372 g/mol. The molecule has 3 aliphatic rings. The molecule has 1 aliphatic heterocycles. The fourth-order valence-electron chi connectivity index (χ4n) is 4.66. The van der Waals surface area contributed by atoms with Crippen molar-refractivity contribution in [1.82, 2.24) is 10.6 Å². The van der Waals surface area contributed by atoms with Gasteiger partial charge in [0.05, 0.1) is 0 Å². The molecule has 1 amide bonds. The zero-order valence-corrected chi connectivity index (χ0v) is 13.4. The molecule has 1 aromatic rings. The number of benzene rings is 1. The number of hydrogen-bond acceptors (Lipinski definition) is 3. The Morgan fingerprint density at radius 2 is 1.88 bits per heavy atom. The second-order valence-electron chi connectivity index (χ2n) is 7.34. The molecule has 1 saturated heterocycles. The number of hydrogen-bond donors (Lipinski definition) is 3. The van der Waals surface area contributed by atoms with Gasteiger partial charge in [-0.3, -0.25) is 14.9 Å². The Morgan fingerprint density at radius 1 is 1.23 bits per heavy atom. The summed E-state index contributed by atoms with van der Waals surface area (Å²) < 4.78 is 54.3. The molecule has 0 unspecified atom stereocenters. The molecular formula is C17H16F4N2O3. The van der Waals surface area contributed by atoms with Gasteiger partial charge in [0.15, 0.2) is 5.67 Å². The highest BCUT2D eigenvalue weighted by molar-refractivity contribution is 5.84. The molecule has 3 fully saturated rings. The molecule has 26 heavy (non-hydrogen) atoms. The van der Waals surface area contributed by atoms with Gasteiger partial charge in [0.1, 0.15) is 11.6 Å². The normalized spacial score (nSPS) is 40.6. The molecule has 0 spiro atoms. The van der Waals surface area contributed by atoms with Gasteiger partial charge in [-0.25, -0.2) is 4.39 Å². The summed E-state index contributed by atoms with van der Waals surface area (Å²) in [5, 5.41) is 13.9. The smallest absolute Gasteiger partial charge is 0.471 e.